The molecule has 1 atom stereocenters. The molecular formula is C14H16. The second kappa shape index (κ2) is 3.45. The summed E-state index contributed by atoms with van der Waals surface area (Å²) < 4.78 is 0. The second-order valence-corrected chi connectivity index (χ2v) is 4.05. The lowest BCUT2D eigenvalue weighted by atomic mass is 10.0. The van der Waals surface area contributed by atoms with Crippen LogP contribution in [0.25, 0.3) is 0 Å². The fraction of sp³-hybridized carbons (Fsp3) is 0.286. The first kappa shape index (κ1) is 9.26. The van der Waals surface area contributed by atoms with Crippen LogP contribution in [0.1, 0.15) is 19.8 Å². The maximum absolute atomic E-state index is 4.12. The van der Waals surface area contributed by atoms with E-state index in [0.717, 1.165) is 12.8 Å². The van der Waals surface area contributed by atoms with E-state index in [1.54, 1.807) is 0 Å². The molecule has 14 heavy (non-hydrogen) atoms. The van der Waals surface area contributed by atoms with Gasteiger partial charge in [-0.05, 0) is 41.1 Å². The Bertz CT molecular complexity index is 375. The van der Waals surface area contributed by atoms with E-state index in [1.165, 1.54) is 22.3 Å². The fourth-order valence-electron chi connectivity index (χ4n) is 2.20. The highest BCUT2D eigenvalue weighted by molar-refractivity contribution is 5.59. The van der Waals surface area contributed by atoms with Crippen LogP contribution in [0.15, 0.2) is 59.8 Å². The van der Waals surface area contributed by atoms with Crippen LogP contribution < -0.4 is 0 Å². The fourth-order valence-corrected chi connectivity index (χ4v) is 2.20. The molecule has 0 bridgehead atoms. The molecule has 0 aromatic carbocycles. The molecule has 1 fully saturated rings. The lowest BCUT2D eigenvalue weighted by Gasteiger charge is -2.04. The molecule has 0 amide bonds. The normalized spacial score (nSPS) is 25.9. The van der Waals surface area contributed by atoms with Gasteiger partial charge in [-0.2, -0.15) is 0 Å². The monoisotopic (exact) mass is 184 g/mol. The third kappa shape index (κ3) is 1.41. The van der Waals surface area contributed by atoms with Crippen LogP contribution in [0.2, 0.25) is 0 Å². The number of allylic oxidation sites excluding steroid dienone is 8. The van der Waals surface area contributed by atoms with Gasteiger partial charge in [0.1, 0.15) is 0 Å². The third-order valence-electron chi connectivity index (χ3n) is 2.92. The van der Waals surface area contributed by atoms with Crippen LogP contribution in [0.5, 0.6) is 0 Å². The summed E-state index contributed by atoms with van der Waals surface area (Å²) in [5.41, 5.74) is 5.32. The highest BCUT2D eigenvalue weighted by atomic mass is 14.3. The van der Waals surface area contributed by atoms with Crippen molar-refractivity contribution in [2.24, 2.45) is 5.92 Å². The van der Waals surface area contributed by atoms with Crippen molar-refractivity contribution < 1.29 is 0 Å². The standard InChI is InChI=1S/C14H16/c1-4-12-7-5-10(2)9-13-8-6-11(3)14(12)13/h4-5,7,9-10H,1,3,6,8H2,2H3. The molecule has 0 heterocycles. The molecule has 0 aromatic rings. The van der Waals surface area contributed by atoms with Crippen LogP contribution >= 0.6 is 0 Å². The molecule has 0 radical (unpaired) electrons. The number of rotatable bonds is 1. The first-order chi connectivity index (χ1) is 6.72. The maximum Gasteiger partial charge on any atom is -0.00725 e. The van der Waals surface area contributed by atoms with E-state index in [-0.39, 0.29) is 0 Å². The molecule has 0 aromatic heterocycles. The van der Waals surface area contributed by atoms with Gasteiger partial charge in [-0.25, -0.2) is 0 Å². The molecule has 0 saturated heterocycles. The minimum absolute atomic E-state index is 0.531. The van der Waals surface area contributed by atoms with Crippen molar-refractivity contribution in [3.05, 3.63) is 59.8 Å². The summed E-state index contributed by atoms with van der Waals surface area (Å²) in [5.74, 6) is 0.531. The van der Waals surface area contributed by atoms with Crippen molar-refractivity contribution in [2.75, 3.05) is 0 Å². The Morgan fingerprint density at radius 1 is 1.43 bits per heavy atom. The summed E-state index contributed by atoms with van der Waals surface area (Å²) in [4.78, 5) is 0. The number of hydrogen-bond acceptors (Lipinski definition) is 0. The molecule has 2 aliphatic rings. The Labute approximate surface area is 86.0 Å². The van der Waals surface area contributed by atoms with Gasteiger partial charge in [-0.1, -0.05) is 44.4 Å². The van der Waals surface area contributed by atoms with Gasteiger partial charge >= 0.3 is 0 Å². The van der Waals surface area contributed by atoms with E-state index >= 15 is 0 Å². The smallest absolute Gasteiger partial charge is 0.00725 e. The zero-order chi connectivity index (χ0) is 10.1. The topological polar surface area (TPSA) is 0 Å². The molecule has 0 spiro atoms. The summed E-state index contributed by atoms with van der Waals surface area (Å²) in [6.45, 7) is 10.2. The van der Waals surface area contributed by atoms with Gasteiger partial charge in [0.15, 0.2) is 0 Å². The van der Waals surface area contributed by atoms with Crippen molar-refractivity contribution in [2.45, 2.75) is 19.8 Å². The average molecular weight is 184 g/mol. The van der Waals surface area contributed by atoms with Crippen molar-refractivity contribution in [3.63, 3.8) is 0 Å². The van der Waals surface area contributed by atoms with Gasteiger partial charge in [-0.15, -0.1) is 0 Å². The Kier molecular flexibility index (Phi) is 2.28. The largest absolute Gasteiger partial charge is 0.0984 e. The van der Waals surface area contributed by atoms with E-state index in [2.05, 4.69) is 38.3 Å². The molecule has 0 heteroatoms. The van der Waals surface area contributed by atoms with Gasteiger partial charge in [0, 0.05) is 0 Å². The quantitative estimate of drug-likeness (QED) is 0.579. The van der Waals surface area contributed by atoms with Crippen LogP contribution in [0.3, 0.4) is 0 Å². The molecule has 0 aliphatic heterocycles. The lowest BCUT2D eigenvalue weighted by molar-refractivity contribution is 0.918. The van der Waals surface area contributed by atoms with Gasteiger partial charge in [0.05, 0.1) is 0 Å². The zero-order valence-corrected chi connectivity index (χ0v) is 8.72. The predicted octanol–water partition coefficient (Wildman–Crippen LogP) is 3.95. The zero-order valence-electron chi connectivity index (χ0n) is 8.72. The van der Waals surface area contributed by atoms with E-state index in [9.17, 15) is 0 Å². The summed E-state index contributed by atoms with van der Waals surface area (Å²) in [6, 6.07) is 0. The second-order valence-electron chi connectivity index (χ2n) is 4.05. The highest BCUT2D eigenvalue weighted by Crippen LogP contribution is 2.39. The predicted molar refractivity (Wildman–Crippen MR) is 62.0 cm³/mol. The minimum atomic E-state index is 0.531. The van der Waals surface area contributed by atoms with Crippen molar-refractivity contribution in [1.82, 2.24) is 0 Å². The van der Waals surface area contributed by atoms with Crippen LogP contribution in [0, 0.1) is 5.92 Å². The van der Waals surface area contributed by atoms with E-state index in [4.69, 9.17) is 0 Å². The number of hydrogen-bond donors (Lipinski definition) is 0. The van der Waals surface area contributed by atoms with Crippen LogP contribution in [0.4, 0.5) is 0 Å². The summed E-state index contributed by atoms with van der Waals surface area (Å²) >= 11 is 0. The molecule has 2 aliphatic carbocycles. The first-order valence-electron chi connectivity index (χ1n) is 5.16. The first-order valence-corrected chi connectivity index (χ1v) is 5.16. The summed E-state index contributed by atoms with van der Waals surface area (Å²) in [6.07, 6.45) is 10.9. The molecule has 1 unspecified atom stereocenters. The highest BCUT2D eigenvalue weighted by Gasteiger charge is 2.21. The van der Waals surface area contributed by atoms with Crippen molar-refractivity contribution >= 4 is 0 Å². The molecular weight excluding hydrogens is 168 g/mol. The SMILES string of the molecule is C=CC1=C2C(=C)CCC2=CC(C)C=C1. The number of fused-ring (bicyclic) bond motifs is 1. The van der Waals surface area contributed by atoms with Gasteiger partial charge < -0.3 is 0 Å². The molecule has 2 rings (SSSR count). The Balaban J connectivity index is 2.58. The Hall–Kier alpha value is -1.30. The van der Waals surface area contributed by atoms with E-state index < -0.39 is 0 Å². The van der Waals surface area contributed by atoms with Gasteiger partial charge in [-0.3, -0.25) is 0 Å². The molecule has 72 valence electrons. The summed E-state index contributed by atoms with van der Waals surface area (Å²) in [7, 11) is 0. The molecule has 0 nitrogen and oxygen atoms in total. The van der Waals surface area contributed by atoms with E-state index in [0.29, 0.717) is 5.92 Å². The van der Waals surface area contributed by atoms with Crippen molar-refractivity contribution in [1.29, 1.82) is 0 Å². The lowest BCUT2D eigenvalue weighted by Crippen LogP contribution is -1.86. The molecule has 1 saturated carbocycles. The van der Waals surface area contributed by atoms with Gasteiger partial charge in [0.2, 0.25) is 0 Å². The third-order valence-corrected chi connectivity index (χ3v) is 2.92. The Morgan fingerprint density at radius 3 is 2.93 bits per heavy atom. The van der Waals surface area contributed by atoms with Crippen molar-refractivity contribution in [3.8, 4) is 0 Å². The molecule has 0 N–H and O–H groups in total. The average Bonchev–Trinajstić information content (AvgIpc) is 2.44. The van der Waals surface area contributed by atoms with Crippen LogP contribution in [-0.4, -0.2) is 0 Å². The maximum atomic E-state index is 4.12. The van der Waals surface area contributed by atoms with E-state index in [1.807, 2.05) is 6.08 Å². The summed E-state index contributed by atoms with van der Waals surface area (Å²) in [5, 5.41) is 0. The Morgan fingerprint density at radius 2 is 2.21 bits per heavy atom. The van der Waals surface area contributed by atoms with Crippen LogP contribution in [-0.2, 0) is 0 Å². The minimum Gasteiger partial charge on any atom is -0.0984 e. The van der Waals surface area contributed by atoms with Gasteiger partial charge in [0.25, 0.3) is 0 Å².